The average molecular weight is 360 g/mol. The molecule has 3 aromatic rings. The van der Waals surface area contributed by atoms with Gasteiger partial charge in [-0.1, -0.05) is 18.2 Å². The number of para-hydroxylation sites is 1. The van der Waals surface area contributed by atoms with Gasteiger partial charge in [-0.3, -0.25) is 4.99 Å². The second-order valence-corrected chi connectivity index (χ2v) is 6.13. The van der Waals surface area contributed by atoms with E-state index in [0.29, 0.717) is 11.4 Å². The van der Waals surface area contributed by atoms with Gasteiger partial charge in [0.05, 0.1) is 23.2 Å². The molecule has 0 saturated carbocycles. The van der Waals surface area contributed by atoms with Crippen molar-refractivity contribution in [2.75, 3.05) is 6.26 Å². The molecule has 0 aliphatic rings. The molecule has 0 amide bonds. The van der Waals surface area contributed by atoms with Gasteiger partial charge in [0.15, 0.2) is 0 Å². The summed E-state index contributed by atoms with van der Waals surface area (Å²) in [5, 5.41) is 0. The van der Waals surface area contributed by atoms with Crippen molar-refractivity contribution < 1.29 is 13.2 Å². The van der Waals surface area contributed by atoms with Gasteiger partial charge in [-0.25, -0.2) is 0 Å². The monoisotopic (exact) mass is 360 g/mol. The van der Waals surface area contributed by atoms with Crippen molar-refractivity contribution in [1.82, 2.24) is 4.57 Å². The van der Waals surface area contributed by atoms with Crippen molar-refractivity contribution in [3.8, 4) is 5.69 Å². The van der Waals surface area contributed by atoms with E-state index in [4.69, 9.17) is 0 Å². The number of halogens is 3. The first-order valence-corrected chi connectivity index (χ1v) is 8.73. The van der Waals surface area contributed by atoms with E-state index in [0.717, 1.165) is 22.7 Å². The maximum Gasteiger partial charge on any atom is 0.416 e. The van der Waals surface area contributed by atoms with Crippen LogP contribution in [0.15, 0.2) is 76.7 Å². The van der Waals surface area contributed by atoms with Gasteiger partial charge >= 0.3 is 6.18 Å². The highest BCUT2D eigenvalue weighted by Crippen LogP contribution is 2.31. The van der Waals surface area contributed by atoms with Crippen LogP contribution in [-0.4, -0.2) is 17.0 Å². The van der Waals surface area contributed by atoms with Gasteiger partial charge in [0.1, 0.15) is 0 Å². The van der Waals surface area contributed by atoms with Gasteiger partial charge in [0, 0.05) is 16.8 Å². The Balaban J connectivity index is 1.95. The highest BCUT2D eigenvalue weighted by atomic mass is 32.2. The Morgan fingerprint density at radius 1 is 1.00 bits per heavy atom. The molecule has 0 saturated heterocycles. The lowest BCUT2D eigenvalue weighted by atomic mass is 10.2. The fourth-order valence-electron chi connectivity index (χ4n) is 2.44. The lowest BCUT2D eigenvalue weighted by Crippen LogP contribution is -2.06. The predicted molar refractivity (Wildman–Crippen MR) is 96.2 cm³/mol. The van der Waals surface area contributed by atoms with E-state index in [-0.39, 0.29) is 0 Å². The smallest absolute Gasteiger partial charge is 0.316 e. The zero-order valence-electron chi connectivity index (χ0n) is 13.4. The molecule has 3 rings (SSSR count). The lowest BCUT2D eigenvalue weighted by molar-refractivity contribution is -0.137. The van der Waals surface area contributed by atoms with Crippen LogP contribution in [0.25, 0.3) is 5.69 Å². The van der Waals surface area contributed by atoms with E-state index in [1.807, 2.05) is 36.6 Å². The molecule has 0 radical (unpaired) electrons. The van der Waals surface area contributed by atoms with Gasteiger partial charge in [-0.15, -0.1) is 11.8 Å². The average Bonchev–Trinajstić information content (AvgIpc) is 3.08. The molecule has 0 aliphatic carbocycles. The molecular formula is C19H15F3N2S. The van der Waals surface area contributed by atoms with E-state index in [1.54, 1.807) is 40.9 Å². The minimum atomic E-state index is -4.37. The molecule has 6 heteroatoms. The quantitative estimate of drug-likeness (QED) is 0.414. The van der Waals surface area contributed by atoms with Crippen LogP contribution >= 0.6 is 11.8 Å². The number of alkyl halides is 3. The van der Waals surface area contributed by atoms with Crippen molar-refractivity contribution in [2.24, 2.45) is 4.99 Å². The summed E-state index contributed by atoms with van der Waals surface area (Å²) >= 11 is 1.59. The van der Waals surface area contributed by atoms with Crippen molar-refractivity contribution in [2.45, 2.75) is 11.1 Å². The SMILES string of the molecule is CSc1ccccc1N=Cc1cccn1-c1cccc(C(F)(F)F)c1. The molecule has 0 fully saturated rings. The van der Waals surface area contributed by atoms with Crippen molar-refractivity contribution in [3.63, 3.8) is 0 Å². The fraction of sp³-hybridized carbons (Fsp3) is 0.105. The number of thioether (sulfide) groups is 1. The van der Waals surface area contributed by atoms with Crippen molar-refractivity contribution in [1.29, 1.82) is 0 Å². The Labute approximate surface area is 148 Å². The standard InChI is InChI=1S/C19H15F3N2S/c1-25-18-10-3-2-9-17(18)23-13-16-8-5-11-24(16)15-7-4-6-14(12-15)19(20,21)22/h2-13H,1H3. The molecule has 0 unspecified atom stereocenters. The van der Waals surface area contributed by atoms with Gasteiger partial charge in [0.2, 0.25) is 0 Å². The molecule has 0 aliphatic heterocycles. The molecule has 0 spiro atoms. The molecule has 0 atom stereocenters. The summed E-state index contributed by atoms with van der Waals surface area (Å²) in [5.41, 5.74) is 1.30. The summed E-state index contributed by atoms with van der Waals surface area (Å²) < 4.78 is 40.5. The number of benzene rings is 2. The van der Waals surface area contributed by atoms with Crippen LogP contribution in [0.5, 0.6) is 0 Å². The van der Waals surface area contributed by atoms with Crippen LogP contribution in [-0.2, 0) is 6.18 Å². The Morgan fingerprint density at radius 3 is 2.56 bits per heavy atom. The molecule has 0 bridgehead atoms. The van der Waals surface area contributed by atoms with Crippen LogP contribution in [0.2, 0.25) is 0 Å². The van der Waals surface area contributed by atoms with Gasteiger partial charge in [-0.2, -0.15) is 13.2 Å². The number of rotatable bonds is 4. The van der Waals surface area contributed by atoms with E-state index in [2.05, 4.69) is 4.99 Å². The summed E-state index contributed by atoms with van der Waals surface area (Å²) in [5.74, 6) is 0. The van der Waals surface area contributed by atoms with Crippen LogP contribution < -0.4 is 0 Å². The molecule has 2 aromatic carbocycles. The normalized spacial score (nSPS) is 12.0. The molecule has 0 N–H and O–H groups in total. The third-order valence-electron chi connectivity index (χ3n) is 3.65. The summed E-state index contributed by atoms with van der Waals surface area (Å²) in [6.45, 7) is 0. The van der Waals surface area contributed by atoms with Crippen LogP contribution in [0.4, 0.5) is 18.9 Å². The van der Waals surface area contributed by atoms with E-state index in [1.165, 1.54) is 6.07 Å². The topological polar surface area (TPSA) is 17.3 Å². The predicted octanol–water partition coefficient (Wildman–Crippen LogP) is 5.97. The largest absolute Gasteiger partial charge is 0.416 e. The van der Waals surface area contributed by atoms with Crippen LogP contribution in [0.1, 0.15) is 11.3 Å². The van der Waals surface area contributed by atoms with Crippen LogP contribution in [0, 0.1) is 0 Å². The third-order valence-corrected chi connectivity index (χ3v) is 4.44. The Hall–Kier alpha value is -2.47. The Kier molecular flexibility index (Phi) is 4.99. The van der Waals surface area contributed by atoms with E-state index >= 15 is 0 Å². The number of aliphatic imine (C=N–C) groups is 1. The maximum atomic E-state index is 12.9. The van der Waals surface area contributed by atoms with E-state index in [9.17, 15) is 13.2 Å². The lowest BCUT2D eigenvalue weighted by Gasteiger charge is -2.11. The van der Waals surface area contributed by atoms with Crippen molar-refractivity contribution in [3.05, 3.63) is 78.1 Å². The van der Waals surface area contributed by atoms with Crippen LogP contribution in [0.3, 0.4) is 0 Å². The number of nitrogens with zero attached hydrogens (tertiary/aromatic N) is 2. The molecule has 1 aromatic heterocycles. The third kappa shape index (κ3) is 3.96. The first-order chi connectivity index (χ1) is 12.0. The van der Waals surface area contributed by atoms with Crippen molar-refractivity contribution >= 4 is 23.7 Å². The number of hydrogen-bond donors (Lipinski definition) is 0. The van der Waals surface area contributed by atoms with E-state index < -0.39 is 11.7 Å². The highest BCUT2D eigenvalue weighted by molar-refractivity contribution is 7.98. The molecular weight excluding hydrogens is 345 g/mol. The second-order valence-electron chi connectivity index (χ2n) is 5.28. The number of aromatic nitrogens is 1. The summed E-state index contributed by atoms with van der Waals surface area (Å²) in [6.07, 6.45) is 0.987. The van der Waals surface area contributed by atoms with Gasteiger partial charge in [0.25, 0.3) is 0 Å². The zero-order chi connectivity index (χ0) is 17.9. The molecule has 128 valence electrons. The maximum absolute atomic E-state index is 12.9. The van der Waals surface area contributed by atoms with Gasteiger partial charge in [-0.05, 0) is 48.7 Å². The Morgan fingerprint density at radius 2 is 1.80 bits per heavy atom. The minimum absolute atomic E-state index is 0.444. The first-order valence-electron chi connectivity index (χ1n) is 7.51. The summed E-state index contributed by atoms with van der Waals surface area (Å²) in [4.78, 5) is 5.53. The zero-order valence-corrected chi connectivity index (χ0v) is 14.2. The minimum Gasteiger partial charge on any atom is -0.316 e. The van der Waals surface area contributed by atoms with Gasteiger partial charge < -0.3 is 4.57 Å². The molecule has 1 heterocycles. The fourth-order valence-corrected chi connectivity index (χ4v) is 2.98. The summed E-state index contributed by atoms with van der Waals surface area (Å²) in [6, 6.07) is 16.6. The number of hydrogen-bond acceptors (Lipinski definition) is 2. The Bertz CT molecular complexity index is 897. The molecule has 2 nitrogen and oxygen atoms in total. The second kappa shape index (κ2) is 7.19. The first kappa shape index (κ1) is 17.4. The highest BCUT2D eigenvalue weighted by Gasteiger charge is 2.30. The summed E-state index contributed by atoms with van der Waals surface area (Å²) in [7, 11) is 0. The molecule has 25 heavy (non-hydrogen) atoms.